The zero-order valence-electron chi connectivity index (χ0n) is 28.8. The van der Waals surface area contributed by atoms with Crippen LogP contribution in [0.5, 0.6) is 5.75 Å². The molecule has 0 aliphatic heterocycles. The Kier molecular flexibility index (Phi) is 20.9. The highest BCUT2D eigenvalue weighted by molar-refractivity contribution is 8.76. The first kappa shape index (κ1) is 43.3. The molecule has 4 atom stereocenters. The maximum Gasteiger partial charge on any atom is 0.407 e. The Morgan fingerprint density at radius 3 is 2.18 bits per heavy atom. The van der Waals surface area contributed by atoms with Gasteiger partial charge in [0.15, 0.2) is 0 Å². The first-order valence-corrected chi connectivity index (χ1v) is 18.6. The number of hydrogen-bond donors (Lipinski definition) is 8. The van der Waals surface area contributed by atoms with Crippen LogP contribution in [-0.2, 0) is 35.1 Å². The zero-order valence-corrected chi connectivity index (χ0v) is 30.5. The number of carbonyl (C=O) groups excluding carboxylic acids is 6. The van der Waals surface area contributed by atoms with Crippen LogP contribution in [0.15, 0.2) is 24.3 Å². The van der Waals surface area contributed by atoms with Crippen LogP contribution < -0.4 is 31.9 Å². The van der Waals surface area contributed by atoms with Crippen LogP contribution in [0, 0.1) is 0 Å². The molecule has 276 valence electrons. The van der Waals surface area contributed by atoms with Crippen molar-refractivity contribution < 1.29 is 43.7 Å². The zero-order chi connectivity index (χ0) is 36.8. The number of aliphatic hydroxyl groups is 1. The van der Waals surface area contributed by atoms with Gasteiger partial charge in [-0.05, 0) is 78.0 Å². The first-order chi connectivity index (χ1) is 23.1. The molecule has 0 radical (unpaired) electrons. The molecule has 0 aliphatic carbocycles. The van der Waals surface area contributed by atoms with Crippen LogP contribution in [0.2, 0.25) is 0 Å². The standard InChI is InChI=1S/C32H52N6O9S2/c1-21(18-23-9-11-24(41)12-10-23)36-26(42)13-16-48-49-17-15-34-30(45)28(22(2)40)38-29(44)25(37-27(43)19-33-20-39)8-6-7-14-35-31(46)47-32(3,4)5/h9-12,20-22,25,28,40-41H,6-8,13-19H2,1-5H3,(H,33,39)(H,34,45)(H,35,46)(H,36,42)(H,37,43)(H,38,44). The number of phenols is 1. The van der Waals surface area contributed by atoms with E-state index in [0.29, 0.717) is 43.6 Å². The van der Waals surface area contributed by atoms with E-state index in [0.717, 1.165) is 5.56 Å². The average molecular weight is 729 g/mol. The molecule has 0 spiro atoms. The molecule has 4 unspecified atom stereocenters. The number of ether oxygens (including phenoxy) is 1. The molecule has 0 aliphatic rings. The SMILES string of the molecule is CC(Cc1ccc(O)cc1)NC(=O)CCSSCCNC(=O)C(NC(=O)C(CCCCNC(=O)OC(C)(C)C)NC(=O)CNC=O)C(C)O. The highest BCUT2D eigenvalue weighted by Gasteiger charge is 2.29. The molecule has 6 amide bonds. The molecule has 0 saturated heterocycles. The summed E-state index contributed by atoms with van der Waals surface area (Å²) in [5.74, 6) is -0.725. The van der Waals surface area contributed by atoms with Crippen molar-refractivity contribution in [2.45, 2.75) is 96.6 Å². The van der Waals surface area contributed by atoms with Gasteiger partial charge in [0.05, 0.1) is 12.6 Å². The number of phenolic OH excluding ortho intramolecular Hbond substituents is 1. The molecule has 49 heavy (non-hydrogen) atoms. The fourth-order valence-corrected chi connectivity index (χ4v) is 6.14. The van der Waals surface area contributed by atoms with E-state index in [9.17, 15) is 39.0 Å². The summed E-state index contributed by atoms with van der Waals surface area (Å²) in [4.78, 5) is 72.9. The Bertz CT molecular complexity index is 1200. The molecule has 0 saturated carbocycles. The number of amides is 6. The Labute approximate surface area is 296 Å². The minimum absolute atomic E-state index is 0.0635. The predicted molar refractivity (Wildman–Crippen MR) is 190 cm³/mol. The van der Waals surface area contributed by atoms with Crippen molar-refractivity contribution in [2.24, 2.45) is 0 Å². The van der Waals surface area contributed by atoms with Gasteiger partial charge < -0.3 is 46.9 Å². The van der Waals surface area contributed by atoms with Gasteiger partial charge in [-0.3, -0.25) is 24.0 Å². The Morgan fingerprint density at radius 1 is 0.878 bits per heavy atom. The van der Waals surface area contributed by atoms with Gasteiger partial charge in [-0.2, -0.15) is 0 Å². The monoisotopic (exact) mass is 728 g/mol. The summed E-state index contributed by atoms with van der Waals surface area (Å²) in [6, 6.07) is 4.41. The van der Waals surface area contributed by atoms with Crippen LogP contribution in [0.25, 0.3) is 0 Å². The third kappa shape index (κ3) is 21.1. The minimum Gasteiger partial charge on any atom is -0.508 e. The van der Waals surface area contributed by atoms with E-state index in [1.165, 1.54) is 28.5 Å². The van der Waals surface area contributed by atoms with Crippen LogP contribution >= 0.6 is 21.6 Å². The second-order valence-electron chi connectivity index (χ2n) is 12.3. The molecule has 0 fully saturated rings. The third-order valence-corrected chi connectivity index (χ3v) is 8.92. The second kappa shape index (κ2) is 23.6. The quantitative estimate of drug-likeness (QED) is 0.0453. The number of aromatic hydroxyl groups is 1. The lowest BCUT2D eigenvalue weighted by atomic mass is 10.1. The summed E-state index contributed by atoms with van der Waals surface area (Å²) in [6.45, 7) is 8.66. The minimum atomic E-state index is -1.29. The van der Waals surface area contributed by atoms with Crippen molar-refractivity contribution >= 4 is 57.7 Å². The van der Waals surface area contributed by atoms with E-state index in [1.54, 1.807) is 32.9 Å². The summed E-state index contributed by atoms with van der Waals surface area (Å²) < 4.78 is 5.18. The molecule has 0 heterocycles. The molecule has 1 rings (SSSR count). The number of carbonyl (C=O) groups is 6. The summed E-state index contributed by atoms with van der Waals surface area (Å²) in [5.41, 5.74) is 0.361. The largest absolute Gasteiger partial charge is 0.508 e. The molecule has 17 heteroatoms. The van der Waals surface area contributed by atoms with Gasteiger partial charge in [0.25, 0.3) is 0 Å². The number of aliphatic hydroxyl groups excluding tert-OH is 1. The fourth-order valence-electron chi connectivity index (χ4n) is 4.25. The van der Waals surface area contributed by atoms with Crippen molar-refractivity contribution in [3.8, 4) is 5.75 Å². The van der Waals surface area contributed by atoms with Gasteiger partial charge in [-0.1, -0.05) is 33.7 Å². The maximum absolute atomic E-state index is 13.1. The van der Waals surface area contributed by atoms with Crippen molar-refractivity contribution in [1.82, 2.24) is 31.9 Å². The summed E-state index contributed by atoms with van der Waals surface area (Å²) in [7, 11) is 2.95. The smallest absolute Gasteiger partial charge is 0.407 e. The van der Waals surface area contributed by atoms with Crippen molar-refractivity contribution in [1.29, 1.82) is 0 Å². The van der Waals surface area contributed by atoms with E-state index < -0.39 is 47.6 Å². The number of unbranched alkanes of at least 4 members (excludes halogenated alkanes) is 1. The van der Waals surface area contributed by atoms with E-state index in [4.69, 9.17) is 4.74 Å². The number of nitrogens with one attached hydrogen (secondary N) is 6. The number of alkyl carbamates (subject to hydrolysis) is 1. The van der Waals surface area contributed by atoms with Crippen LogP contribution in [-0.4, -0.2) is 107 Å². The molecule has 15 nitrogen and oxygen atoms in total. The Balaban J connectivity index is 2.47. The molecular formula is C32H52N6O9S2. The van der Waals surface area contributed by atoms with Crippen molar-refractivity contribution in [3.05, 3.63) is 29.8 Å². The fraction of sp³-hybridized carbons (Fsp3) is 0.625. The Morgan fingerprint density at radius 2 is 1.55 bits per heavy atom. The molecule has 0 bridgehead atoms. The molecule has 1 aromatic carbocycles. The van der Waals surface area contributed by atoms with Crippen LogP contribution in [0.3, 0.4) is 0 Å². The van der Waals surface area contributed by atoms with Gasteiger partial charge in [0.1, 0.15) is 23.4 Å². The third-order valence-electron chi connectivity index (χ3n) is 6.51. The lowest BCUT2D eigenvalue weighted by molar-refractivity contribution is -0.134. The molecular weight excluding hydrogens is 677 g/mol. The highest BCUT2D eigenvalue weighted by Crippen LogP contribution is 2.21. The van der Waals surface area contributed by atoms with Gasteiger partial charge in [-0.25, -0.2) is 4.79 Å². The summed E-state index contributed by atoms with van der Waals surface area (Å²) in [5, 5.41) is 35.2. The topological polar surface area (TPSA) is 224 Å². The maximum atomic E-state index is 13.1. The normalized spacial score (nSPS) is 13.5. The van der Waals surface area contributed by atoms with Gasteiger partial charge >= 0.3 is 6.09 Å². The lowest BCUT2D eigenvalue weighted by Crippen LogP contribution is -2.57. The van der Waals surface area contributed by atoms with Crippen LogP contribution in [0.1, 0.15) is 65.9 Å². The highest BCUT2D eigenvalue weighted by atomic mass is 33.1. The number of hydrogen-bond acceptors (Lipinski definition) is 11. The predicted octanol–water partition coefficient (Wildman–Crippen LogP) is 1.12. The summed E-state index contributed by atoms with van der Waals surface area (Å²) >= 11 is 0. The van der Waals surface area contributed by atoms with E-state index >= 15 is 0 Å². The first-order valence-electron chi connectivity index (χ1n) is 16.1. The average Bonchev–Trinajstić information content (AvgIpc) is 3.01. The van der Waals surface area contributed by atoms with Crippen molar-refractivity contribution in [3.63, 3.8) is 0 Å². The molecule has 8 N–H and O–H groups in total. The summed E-state index contributed by atoms with van der Waals surface area (Å²) in [6.07, 6.45) is 0.533. The molecule has 0 aromatic heterocycles. The number of rotatable bonds is 23. The van der Waals surface area contributed by atoms with Crippen LogP contribution in [0.4, 0.5) is 4.79 Å². The van der Waals surface area contributed by atoms with E-state index in [-0.39, 0.29) is 43.8 Å². The lowest BCUT2D eigenvalue weighted by Gasteiger charge is -2.25. The van der Waals surface area contributed by atoms with Gasteiger partial charge in [0.2, 0.25) is 30.0 Å². The molecule has 1 aromatic rings. The van der Waals surface area contributed by atoms with Crippen molar-refractivity contribution in [2.75, 3.05) is 31.1 Å². The second-order valence-corrected chi connectivity index (χ2v) is 15.0. The van der Waals surface area contributed by atoms with E-state index in [2.05, 4.69) is 31.9 Å². The van der Waals surface area contributed by atoms with E-state index in [1.807, 2.05) is 19.1 Å². The van der Waals surface area contributed by atoms with Gasteiger partial charge in [-0.15, -0.1) is 0 Å². The Hall–Kier alpha value is -3.70. The number of benzene rings is 1. The van der Waals surface area contributed by atoms with Gasteiger partial charge in [0, 0.05) is 37.1 Å².